The number of piperazine rings is 1. The van der Waals surface area contributed by atoms with E-state index in [-0.39, 0.29) is 0 Å². The molecule has 2 rings (SSSR count). The van der Waals surface area contributed by atoms with E-state index in [1.54, 1.807) is 0 Å². The third-order valence-electron chi connectivity index (χ3n) is 4.15. The first-order valence-electron chi connectivity index (χ1n) is 7.85. The maximum atomic E-state index is 4.46. The molecule has 1 N–H and O–H groups in total. The first-order valence-corrected chi connectivity index (χ1v) is 7.85. The van der Waals surface area contributed by atoms with Gasteiger partial charge in [0.25, 0.3) is 0 Å². The summed E-state index contributed by atoms with van der Waals surface area (Å²) in [5.41, 5.74) is 2.46. The largest absolute Gasteiger partial charge is 0.369 e. The van der Waals surface area contributed by atoms with Crippen LogP contribution in [-0.2, 0) is 6.54 Å². The minimum atomic E-state index is 0.665. The zero-order valence-corrected chi connectivity index (χ0v) is 13.1. The Morgan fingerprint density at radius 2 is 2.20 bits per heavy atom. The molecule has 0 amide bonds. The molecule has 1 aromatic rings. The van der Waals surface area contributed by atoms with Gasteiger partial charge >= 0.3 is 0 Å². The number of likely N-dealkylation sites (N-methyl/N-ethyl adjacent to an activating group) is 1. The molecule has 1 aromatic heterocycles. The van der Waals surface area contributed by atoms with Crippen molar-refractivity contribution in [3.05, 3.63) is 24.0 Å². The van der Waals surface area contributed by atoms with Gasteiger partial charge < -0.3 is 10.2 Å². The number of nitrogens with zero attached hydrogens (tertiary/aromatic N) is 3. The Bertz CT molecular complexity index is 407. The maximum Gasteiger partial charge on any atom is 0.0562 e. The molecule has 1 fully saturated rings. The van der Waals surface area contributed by atoms with E-state index in [1.807, 2.05) is 6.20 Å². The van der Waals surface area contributed by atoms with Gasteiger partial charge in [-0.3, -0.25) is 9.88 Å². The van der Waals surface area contributed by atoms with Gasteiger partial charge in [0, 0.05) is 44.1 Å². The van der Waals surface area contributed by atoms with Gasteiger partial charge in [-0.1, -0.05) is 13.8 Å². The highest BCUT2D eigenvalue weighted by Gasteiger charge is 2.23. The van der Waals surface area contributed by atoms with Crippen molar-refractivity contribution in [3.8, 4) is 0 Å². The van der Waals surface area contributed by atoms with Crippen LogP contribution in [0.1, 0.15) is 32.4 Å². The molecular formula is C16H28N4. The van der Waals surface area contributed by atoms with Crippen molar-refractivity contribution >= 4 is 5.69 Å². The van der Waals surface area contributed by atoms with E-state index in [0.717, 1.165) is 44.8 Å². The molecule has 0 radical (unpaired) electrons. The summed E-state index contributed by atoms with van der Waals surface area (Å²) in [6.07, 6.45) is 4.32. The number of nitrogens with one attached hydrogen (secondary N) is 1. The van der Waals surface area contributed by atoms with Crippen LogP contribution < -0.4 is 10.2 Å². The standard InChI is InChI=1S/C16H28N4/c1-4-7-17-12-14-11-16(6-8-18-14)20-10-9-19(3)15(5-2)13-20/h6,8,11,15,17H,4-5,7,9-10,12-13H2,1-3H3. The van der Waals surface area contributed by atoms with Crippen LogP contribution in [0.15, 0.2) is 18.3 Å². The van der Waals surface area contributed by atoms with Crippen LogP contribution in [0.2, 0.25) is 0 Å². The molecule has 0 saturated carbocycles. The molecule has 1 aliphatic rings. The molecule has 112 valence electrons. The van der Waals surface area contributed by atoms with Gasteiger partial charge in [0.05, 0.1) is 5.69 Å². The maximum absolute atomic E-state index is 4.46. The quantitative estimate of drug-likeness (QED) is 0.806. The highest BCUT2D eigenvalue weighted by atomic mass is 15.3. The fraction of sp³-hybridized carbons (Fsp3) is 0.688. The van der Waals surface area contributed by atoms with Crippen LogP contribution in [0.3, 0.4) is 0 Å². The van der Waals surface area contributed by atoms with E-state index >= 15 is 0 Å². The lowest BCUT2D eigenvalue weighted by Gasteiger charge is -2.40. The molecule has 0 bridgehead atoms. The van der Waals surface area contributed by atoms with E-state index in [0.29, 0.717) is 6.04 Å². The van der Waals surface area contributed by atoms with Crippen LogP contribution in [0, 0.1) is 0 Å². The second-order valence-corrected chi connectivity index (χ2v) is 5.67. The van der Waals surface area contributed by atoms with Crippen LogP contribution in [0.25, 0.3) is 0 Å². The minimum Gasteiger partial charge on any atom is -0.369 e. The summed E-state index contributed by atoms with van der Waals surface area (Å²) in [5.74, 6) is 0. The smallest absolute Gasteiger partial charge is 0.0562 e. The molecule has 1 aliphatic heterocycles. The minimum absolute atomic E-state index is 0.665. The molecule has 2 heterocycles. The van der Waals surface area contributed by atoms with E-state index in [1.165, 1.54) is 12.1 Å². The summed E-state index contributed by atoms with van der Waals surface area (Å²) < 4.78 is 0. The van der Waals surface area contributed by atoms with Crippen molar-refractivity contribution in [2.75, 3.05) is 38.1 Å². The zero-order chi connectivity index (χ0) is 14.4. The average molecular weight is 276 g/mol. The predicted octanol–water partition coefficient (Wildman–Crippen LogP) is 2.11. The number of anilines is 1. The lowest BCUT2D eigenvalue weighted by atomic mass is 10.1. The number of hydrogen-bond donors (Lipinski definition) is 1. The monoisotopic (exact) mass is 276 g/mol. The SMILES string of the molecule is CCCNCc1cc(N2CCN(C)C(CC)C2)ccn1. The third kappa shape index (κ3) is 3.93. The molecule has 0 spiro atoms. The van der Waals surface area contributed by atoms with Gasteiger partial charge in [0.2, 0.25) is 0 Å². The van der Waals surface area contributed by atoms with Gasteiger partial charge in [0.15, 0.2) is 0 Å². The Balaban J connectivity index is 1.99. The molecule has 1 unspecified atom stereocenters. The highest BCUT2D eigenvalue weighted by molar-refractivity contribution is 5.47. The number of hydrogen-bond acceptors (Lipinski definition) is 4. The van der Waals surface area contributed by atoms with E-state index in [4.69, 9.17) is 0 Å². The molecule has 4 nitrogen and oxygen atoms in total. The molecule has 4 heteroatoms. The Morgan fingerprint density at radius 3 is 2.95 bits per heavy atom. The van der Waals surface area contributed by atoms with Crippen molar-refractivity contribution in [2.45, 2.75) is 39.3 Å². The van der Waals surface area contributed by atoms with Gasteiger partial charge in [-0.2, -0.15) is 0 Å². The lowest BCUT2D eigenvalue weighted by Crippen LogP contribution is -2.51. The van der Waals surface area contributed by atoms with Crippen molar-refractivity contribution in [2.24, 2.45) is 0 Å². The van der Waals surface area contributed by atoms with E-state index in [2.05, 4.69) is 53.1 Å². The second kappa shape index (κ2) is 7.60. The first-order chi connectivity index (χ1) is 9.74. The summed E-state index contributed by atoms with van der Waals surface area (Å²) in [4.78, 5) is 9.43. The Hall–Kier alpha value is -1.13. The summed E-state index contributed by atoms with van der Waals surface area (Å²) >= 11 is 0. The van der Waals surface area contributed by atoms with Crippen LogP contribution >= 0.6 is 0 Å². The normalized spacial score (nSPS) is 20.4. The molecule has 20 heavy (non-hydrogen) atoms. The van der Waals surface area contributed by atoms with E-state index < -0.39 is 0 Å². The molecular weight excluding hydrogens is 248 g/mol. The number of aromatic nitrogens is 1. The Labute approximate surface area is 123 Å². The van der Waals surface area contributed by atoms with Gasteiger partial charge in [0.1, 0.15) is 0 Å². The highest BCUT2D eigenvalue weighted by Crippen LogP contribution is 2.20. The van der Waals surface area contributed by atoms with Crippen molar-refractivity contribution in [1.82, 2.24) is 15.2 Å². The van der Waals surface area contributed by atoms with Crippen molar-refractivity contribution < 1.29 is 0 Å². The summed E-state index contributed by atoms with van der Waals surface area (Å²) in [6, 6.07) is 5.04. The topological polar surface area (TPSA) is 31.4 Å². The van der Waals surface area contributed by atoms with Crippen molar-refractivity contribution in [1.29, 1.82) is 0 Å². The lowest BCUT2D eigenvalue weighted by molar-refractivity contribution is 0.213. The van der Waals surface area contributed by atoms with Crippen LogP contribution in [0.5, 0.6) is 0 Å². The molecule has 1 atom stereocenters. The van der Waals surface area contributed by atoms with Crippen molar-refractivity contribution in [3.63, 3.8) is 0 Å². The fourth-order valence-corrected chi connectivity index (χ4v) is 2.77. The zero-order valence-electron chi connectivity index (χ0n) is 13.1. The molecule has 0 aromatic carbocycles. The fourth-order valence-electron chi connectivity index (χ4n) is 2.77. The number of rotatable bonds is 6. The van der Waals surface area contributed by atoms with Gasteiger partial charge in [-0.05, 0) is 38.6 Å². The Kier molecular flexibility index (Phi) is 5.80. The average Bonchev–Trinajstić information content (AvgIpc) is 2.48. The molecule has 1 saturated heterocycles. The second-order valence-electron chi connectivity index (χ2n) is 5.67. The summed E-state index contributed by atoms with van der Waals surface area (Å²) in [6.45, 7) is 9.76. The van der Waals surface area contributed by atoms with Gasteiger partial charge in [-0.15, -0.1) is 0 Å². The first kappa shape index (κ1) is 15.3. The predicted molar refractivity (Wildman–Crippen MR) is 85.2 cm³/mol. The van der Waals surface area contributed by atoms with E-state index in [9.17, 15) is 0 Å². The molecule has 0 aliphatic carbocycles. The Morgan fingerprint density at radius 1 is 1.35 bits per heavy atom. The van der Waals surface area contributed by atoms with Gasteiger partial charge in [-0.25, -0.2) is 0 Å². The summed E-state index contributed by atoms with van der Waals surface area (Å²) in [7, 11) is 2.23. The number of pyridine rings is 1. The van der Waals surface area contributed by atoms with Crippen LogP contribution in [-0.4, -0.2) is 49.2 Å². The third-order valence-corrected chi connectivity index (χ3v) is 4.15. The van der Waals surface area contributed by atoms with Crippen LogP contribution in [0.4, 0.5) is 5.69 Å². The summed E-state index contributed by atoms with van der Waals surface area (Å²) in [5, 5.41) is 3.42.